The lowest BCUT2D eigenvalue weighted by molar-refractivity contribution is -0.123. The molecule has 1 saturated carbocycles. The van der Waals surface area contributed by atoms with Crippen molar-refractivity contribution in [2.24, 2.45) is 5.92 Å². The van der Waals surface area contributed by atoms with Crippen LogP contribution in [0.25, 0.3) is 0 Å². The monoisotopic (exact) mass is 355 g/mol. The van der Waals surface area contributed by atoms with Gasteiger partial charge in [0.05, 0.1) is 6.54 Å². The van der Waals surface area contributed by atoms with Crippen molar-refractivity contribution < 1.29 is 9.18 Å². The van der Waals surface area contributed by atoms with E-state index >= 15 is 0 Å². The predicted molar refractivity (Wildman–Crippen MR) is 99.9 cm³/mol. The number of pyridine rings is 1. The van der Waals surface area contributed by atoms with E-state index in [0.29, 0.717) is 19.0 Å². The molecule has 3 rings (SSSR count). The van der Waals surface area contributed by atoms with Crippen LogP contribution in [0.3, 0.4) is 0 Å². The largest absolute Gasteiger partial charge is 0.352 e. The fourth-order valence-electron chi connectivity index (χ4n) is 3.75. The Labute approximate surface area is 154 Å². The predicted octanol–water partition coefficient (Wildman–Crippen LogP) is 3.18. The van der Waals surface area contributed by atoms with E-state index in [4.69, 9.17) is 0 Å². The molecule has 0 radical (unpaired) electrons. The first-order chi connectivity index (χ1) is 12.6. The van der Waals surface area contributed by atoms with Gasteiger partial charge in [-0.15, -0.1) is 0 Å². The molecule has 0 bridgehead atoms. The van der Waals surface area contributed by atoms with Crippen LogP contribution in [0.2, 0.25) is 0 Å². The maximum atomic E-state index is 13.1. The number of amides is 1. The van der Waals surface area contributed by atoms with Gasteiger partial charge in [0.1, 0.15) is 5.82 Å². The molecule has 0 aliphatic heterocycles. The number of halogens is 1. The van der Waals surface area contributed by atoms with Crippen molar-refractivity contribution in [1.29, 1.82) is 0 Å². The zero-order valence-electron chi connectivity index (χ0n) is 15.2. The van der Waals surface area contributed by atoms with Crippen molar-refractivity contribution in [1.82, 2.24) is 15.2 Å². The lowest BCUT2D eigenvalue weighted by atomic mass is 9.94. The van der Waals surface area contributed by atoms with Gasteiger partial charge in [0.15, 0.2) is 0 Å². The van der Waals surface area contributed by atoms with Gasteiger partial charge >= 0.3 is 0 Å². The molecule has 4 nitrogen and oxygen atoms in total. The fraction of sp³-hybridized carbons (Fsp3) is 0.429. The van der Waals surface area contributed by atoms with Crippen molar-refractivity contribution >= 4 is 5.91 Å². The third-order valence-electron chi connectivity index (χ3n) is 5.01. The molecule has 0 saturated heterocycles. The normalized spacial score (nSPS) is 19.7. The maximum absolute atomic E-state index is 13.1. The van der Waals surface area contributed by atoms with Gasteiger partial charge in [-0.3, -0.25) is 14.7 Å². The molecule has 0 spiro atoms. The second-order valence-corrected chi connectivity index (χ2v) is 7.23. The van der Waals surface area contributed by atoms with Crippen LogP contribution in [0, 0.1) is 11.7 Å². The van der Waals surface area contributed by atoms with Gasteiger partial charge in [-0.25, -0.2) is 4.39 Å². The lowest BCUT2D eigenvalue weighted by Crippen LogP contribution is -2.42. The first-order valence-corrected chi connectivity index (χ1v) is 9.21. The highest BCUT2D eigenvalue weighted by Crippen LogP contribution is 2.29. The minimum Gasteiger partial charge on any atom is -0.352 e. The number of aromatic nitrogens is 1. The lowest BCUT2D eigenvalue weighted by Gasteiger charge is -2.23. The molecule has 0 unspecified atom stereocenters. The third kappa shape index (κ3) is 5.36. The van der Waals surface area contributed by atoms with Gasteiger partial charge in [-0.2, -0.15) is 0 Å². The van der Waals surface area contributed by atoms with Crippen LogP contribution in [0.4, 0.5) is 4.39 Å². The van der Waals surface area contributed by atoms with E-state index in [2.05, 4.69) is 10.3 Å². The Morgan fingerprint density at radius 3 is 2.77 bits per heavy atom. The number of likely N-dealkylation sites (N-methyl/N-ethyl adjacent to an activating group) is 1. The SMILES string of the molecule is CN(CC(=O)N[C@H]1CCC[C@H]1Cc1ccc(F)cc1)Cc1cccnc1. The van der Waals surface area contributed by atoms with E-state index in [1.165, 1.54) is 12.1 Å². The molecule has 1 aliphatic carbocycles. The second kappa shape index (κ2) is 8.90. The van der Waals surface area contributed by atoms with Crippen LogP contribution in [0.5, 0.6) is 0 Å². The summed E-state index contributed by atoms with van der Waals surface area (Å²) >= 11 is 0. The van der Waals surface area contributed by atoms with Gasteiger partial charge < -0.3 is 5.32 Å². The van der Waals surface area contributed by atoms with E-state index in [1.54, 1.807) is 6.20 Å². The summed E-state index contributed by atoms with van der Waals surface area (Å²) in [6.07, 6.45) is 7.71. The number of carbonyl (C=O) groups excluding carboxylic acids is 1. The van der Waals surface area contributed by atoms with E-state index in [1.807, 2.05) is 42.4 Å². The maximum Gasteiger partial charge on any atom is 0.234 e. The molecule has 2 atom stereocenters. The third-order valence-corrected chi connectivity index (χ3v) is 5.01. The molecule has 138 valence electrons. The molecule has 2 aromatic rings. The van der Waals surface area contributed by atoms with E-state index in [0.717, 1.165) is 36.8 Å². The Kier molecular flexibility index (Phi) is 6.34. The van der Waals surface area contributed by atoms with E-state index < -0.39 is 0 Å². The topological polar surface area (TPSA) is 45.2 Å². The smallest absolute Gasteiger partial charge is 0.234 e. The van der Waals surface area contributed by atoms with Crippen LogP contribution < -0.4 is 5.32 Å². The first-order valence-electron chi connectivity index (χ1n) is 9.21. The van der Waals surface area contributed by atoms with Crippen molar-refractivity contribution in [3.05, 3.63) is 65.7 Å². The van der Waals surface area contributed by atoms with Crippen molar-refractivity contribution in [3.63, 3.8) is 0 Å². The minimum atomic E-state index is -0.207. The zero-order valence-corrected chi connectivity index (χ0v) is 15.2. The van der Waals surface area contributed by atoms with E-state index in [9.17, 15) is 9.18 Å². The van der Waals surface area contributed by atoms with E-state index in [-0.39, 0.29) is 17.8 Å². The van der Waals surface area contributed by atoms with Crippen LogP contribution in [0.1, 0.15) is 30.4 Å². The highest BCUT2D eigenvalue weighted by atomic mass is 19.1. The van der Waals surface area contributed by atoms with Gasteiger partial charge in [-0.05, 0) is 61.6 Å². The summed E-state index contributed by atoms with van der Waals surface area (Å²) in [7, 11) is 1.94. The first kappa shape index (κ1) is 18.5. The quantitative estimate of drug-likeness (QED) is 0.830. The highest BCUT2D eigenvalue weighted by molar-refractivity contribution is 5.78. The minimum absolute atomic E-state index is 0.0624. The second-order valence-electron chi connectivity index (χ2n) is 7.23. The molecular formula is C21H26FN3O. The zero-order chi connectivity index (χ0) is 18.4. The van der Waals surface area contributed by atoms with Crippen molar-refractivity contribution in [2.75, 3.05) is 13.6 Å². The van der Waals surface area contributed by atoms with Crippen LogP contribution in [0.15, 0.2) is 48.8 Å². The highest BCUT2D eigenvalue weighted by Gasteiger charge is 2.28. The summed E-state index contributed by atoms with van der Waals surface area (Å²) in [5, 5.41) is 3.21. The molecule has 5 heteroatoms. The molecular weight excluding hydrogens is 329 g/mol. The van der Waals surface area contributed by atoms with Crippen LogP contribution >= 0.6 is 0 Å². The Balaban J connectivity index is 1.48. The molecule has 26 heavy (non-hydrogen) atoms. The van der Waals surface area contributed by atoms with Gasteiger partial charge in [-0.1, -0.05) is 24.6 Å². The molecule has 1 aliphatic rings. The van der Waals surface area contributed by atoms with Gasteiger partial charge in [0.25, 0.3) is 0 Å². The Morgan fingerprint density at radius 1 is 1.23 bits per heavy atom. The number of benzene rings is 1. The fourth-order valence-corrected chi connectivity index (χ4v) is 3.75. The molecule has 1 aromatic carbocycles. The summed E-state index contributed by atoms with van der Waals surface area (Å²) in [5.41, 5.74) is 2.23. The molecule has 1 N–H and O–H groups in total. The van der Waals surface area contributed by atoms with Gasteiger partial charge in [0, 0.05) is 25.0 Å². The van der Waals surface area contributed by atoms with Gasteiger partial charge in [0.2, 0.25) is 5.91 Å². The summed E-state index contributed by atoms with van der Waals surface area (Å²) in [6, 6.07) is 10.8. The Hall–Kier alpha value is -2.27. The molecule has 1 amide bonds. The van der Waals surface area contributed by atoms with Crippen LogP contribution in [-0.4, -0.2) is 35.4 Å². The number of nitrogens with zero attached hydrogens (tertiary/aromatic N) is 2. The molecule has 1 heterocycles. The summed E-state index contributed by atoms with van der Waals surface area (Å²) in [5.74, 6) is 0.280. The number of nitrogens with one attached hydrogen (secondary N) is 1. The number of carbonyl (C=O) groups is 1. The number of hydrogen-bond acceptors (Lipinski definition) is 3. The summed E-state index contributed by atoms with van der Waals surface area (Å²) in [6.45, 7) is 1.07. The average molecular weight is 355 g/mol. The Morgan fingerprint density at radius 2 is 2.04 bits per heavy atom. The van der Waals surface area contributed by atoms with Crippen LogP contribution in [-0.2, 0) is 17.8 Å². The summed E-state index contributed by atoms with van der Waals surface area (Å²) < 4.78 is 13.1. The summed E-state index contributed by atoms with van der Waals surface area (Å²) in [4.78, 5) is 18.5. The average Bonchev–Trinajstić information content (AvgIpc) is 3.04. The molecule has 1 aromatic heterocycles. The number of rotatable bonds is 7. The Bertz CT molecular complexity index is 705. The standard InChI is InChI=1S/C21H26FN3O/c1-25(14-17-4-3-11-23-13-17)15-21(26)24-20-6-2-5-18(20)12-16-7-9-19(22)10-8-16/h3-4,7-11,13,18,20H,2,5-6,12,14-15H2,1H3,(H,24,26)/t18-,20-/m0/s1. The van der Waals surface area contributed by atoms with Crippen molar-refractivity contribution in [2.45, 2.75) is 38.3 Å². The molecule has 1 fully saturated rings. The number of hydrogen-bond donors (Lipinski definition) is 1. The van der Waals surface area contributed by atoms with Crippen molar-refractivity contribution in [3.8, 4) is 0 Å².